The number of carbonyl (C=O) groups is 1. The predicted octanol–water partition coefficient (Wildman–Crippen LogP) is 2.59. The van der Waals surface area contributed by atoms with Gasteiger partial charge in [0.25, 0.3) is 0 Å². The molecule has 1 fully saturated rings. The minimum atomic E-state index is 0.443. The fraction of sp³-hybridized carbons (Fsp3) is 0.462. The van der Waals surface area contributed by atoms with E-state index in [0.29, 0.717) is 11.6 Å². The van der Waals surface area contributed by atoms with E-state index < -0.39 is 0 Å². The molecule has 88 valence electrons. The molecule has 0 amide bonds. The van der Waals surface area contributed by atoms with Crippen molar-refractivity contribution in [1.29, 1.82) is 0 Å². The van der Waals surface area contributed by atoms with Gasteiger partial charge in [0, 0.05) is 18.5 Å². The van der Waals surface area contributed by atoms with Crippen LogP contribution in [0.3, 0.4) is 0 Å². The first-order valence-electron chi connectivity index (χ1n) is 6.17. The molecule has 0 atom stereocenters. The third-order valence-corrected chi connectivity index (χ3v) is 3.55. The van der Waals surface area contributed by atoms with Crippen molar-refractivity contribution in [2.75, 3.05) is 0 Å². The van der Waals surface area contributed by atoms with Crippen LogP contribution in [0.15, 0.2) is 18.5 Å². The van der Waals surface area contributed by atoms with Gasteiger partial charge in [0.15, 0.2) is 11.9 Å². The summed E-state index contributed by atoms with van der Waals surface area (Å²) in [5, 5.41) is 4.17. The van der Waals surface area contributed by atoms with Crippen LogP contribution >= 0.6 is 0 Å². The number of rotatable bonds is 2. The van der Waals surface area contributed by atoms with Crippen LogP contribution in [0.2, 0.25) is 0 Å². The van der Waals surface area contributed by atoms with Gasteiger partial charge in [-0.15, -0.1) is 0 Å². The molecular weight excluding hydrogens is 214 g/mol. The van der Waals surface area contributed by atoms with Crippen molar-refractivity contribution in [3.05, 3.63) is 29.7 Å². The molecule has 4 nitrogen and oxygen atoms in total. The summed E-state index contributed by atoms with van der Waals surface area (Å²) in [7, 11) is 0. The largest absolute Gasteiger partial charge is 0.296 e. The summed E-state index contributed by atoms with van der Waals surface area (Å²) in [5.41, 5.74) is 2.43. The van der Waals surface area contributed by atoms with Crippen LogP contribution in [0, 0.1) is 0 Å². The molecule has 2 heterocycles. The highest BCUT2D eigenvalue weighted by Gasteiger charge is 2.16. The smallest absolute Gasteiger partial charge is 0.170 e. The number of nitrogens with zero attached hydrogens (tertiary/aromatic N) is 3. The van der Waals surface area contributed by atoms with Crippen molar-refractivity contribution >= 4 is 11.9 Å². The van der Waals surface area contributed by atoms with Crippen LogP contribution in [-0.4, -0.2) is 20.9 Å². The van der Waals surface area contributed by atoms with E-state index in [1.165, 1.54) is 37.7 Å². The maximum absolute atomic E-state index is 10.7. The van der Waals surface area contributed by atoms with Gasteiger partial charge < -0.3 is 0 Å². The fourth-order valence-corrected chi connectivity index (χ4v) is 2.61. The fourth-order valence-electron chi connectivity index (χ4n) is 2.61. The van der Waals surface area contributed by atoms with Crippen LogP contribution in [0.5, 0.6) is 0 Å². The van der Waals surface area contributed by atoms with Crippen LogP contribution in [0.1, 0.15) is 54.1 Å². The zero-order chi connectivity index (χ0) is 11.7. The maximum atomic E-state index is 10.7. The summed E-state index contributed by atoms with van der Waals surface area (Å²) in [6.07, 6.45) is 11.2. The Morgan fingerprint density at radius 3 is 2.88 bits per heavy atom. The van der Waals surface area contributed by atoms with Crippen molar-refractivity contribution in [2.24, 2.45) is 0 Å². The van der Waals surface area contributed by atoms with E-state index in [2.05, 4.69) is 10.1 Å². The minimum absolute atomic E-state index is 0.443. The van der Waals surface area contributed by atoms with E-state index in [4.69, 9.17) is 0 Å². The standard InChI is InChI=1S/C13H15N3O/c17-9-12-6-13-14-7-11(8-16(13)15-12)10-4-2-1-3-5-10/h6-10H,1-5H2. The Kier molecular flexibility index (Phi) is 2.63. The summed E-state index contributed by atoms with van der Waals surface area (Å²) >= 11 is 0. The summed E-state index contributed by atoms with van der Waals surface area (Å²) in [6, 6.07) is 1.71. The molecule has 1 aliphatic carbocycles. The second-order valence-corrected chi connectivity index (χ2v) is 4.71. The molecular formula is C13H15N3O. The molecule has 3 rings (SSSR count). The van der Waals surface area contributed by atoms with E-state index >= 15 is 0 Å². The molecule has 0 spiro atoms. The molecule has 0 bridgehead atoms. The Hall–Kier alpha value is -1.71. The van der Waals surface area contributed by atoms with Gasteiger partial charge in [-0.05, 0) is 24.3 Å². The highest BCUT2D eigenvalue weighted by molar-refractivity contribution is 5.73. The van der Waals surface area contributed by atoms with E-state index in [1.807, 2.05) is 12.4 Å². The summed E-state index contributed by atoms with van der Waals surface area (Å²) in [5.74, 6) is 0.615. The zero-order valence-electron chi connectivity index (χ0n) is 9.67. The number of carbonyl (C=O) groups excluding carboxylic acids is 1. The highest BCUT2D eigenvalue weighted by Crippen LogP contribution is 2.32. The van der Waals surface area contributed by atoms with Gasteiger partial charge in [-0.1, -0.05) is 19.3 Å². The van der Waals surface area contributed by atoms with Crippen molar-refractivity contribution in [2.45, 2.75) is 38.0 Å². The van der Waals surface area contributed by atoms with E-state index in [0.717, 1.165) is 11.9 Å². The molecule has 2 aromatic rings. The lowest BCUT2D eigenvalue weighted by Gasteiger charge is -2.21. The number of aromatic nitrogens is 3. The van der Waals surface area contributed by atoms with Gasteiger partial charge in [-0.2, -0.15) is 5.10 Å². The Bertz CT molecular complexity index is 541. The Morgan fingerprint density at radius 2 is 2.12 bits per heavy atom. The third kappa shape index (κ3) is 1.95. The highest BCUT2D eigenvalue weighted by atomic mass is 16.1. The molecule has 0 saturated heterocycles. The van der Waals surface area contributed by atoms with Gasteiger partial charge in [-0.3, -0.25) is 4.79 Å². The van der Waals surface area contributed by atoms with Crippen LogP contribution < -0.4 is 0 Å². The molecule has 0 unspecified atom stereocenters. The zero-order valence-corrected chi connectivity index (χ0v) is 9.67. The minimum Gasteiger partial charge on any atom is -0.296 e. The van der Waals surface area contributed by atoms with Crippen molar-refractivity contribution in [1.82, 2.24) is 14.6 Å². The van der Waals surface area contributed by atoms with E-state index in [9.17, 15) is 4.79 Å². The Morgan fingerprint density at radius 1 is 1.29 bits per heavy atom. The SMILES string of the molecule is O=Cc1cc2ncc(C3CCCCC3)cn2n1. The molecule has 0 N–H and O–H groups in total. The molecule has 1 saturated carbocycles. The topological polar surface area (TPSA) is 47.3 Å². The lowest BCUT2D eigenvalue weighted by atomic mass is 9.85. The average molecular weight is 229 g/mol. The summed E-state index contributed by atoms with van der Waals surface area (Å²) in [6.45, 7) is 0. The van der Waals surface area contributed by atoms with Crippen LogP contribution in [-0.2, 0) is 0 Å². The summed E-state index contributed by atoms with van der Waals surface area (Å²) in [4.78, 5) is 15.0. The lowest BCUT2D eigenvalue weighted by molar-refractivity contribution is 0.111. The lowest BCUT2D eigenvalue weighted by Crippen LogP contribution is -2.06. The molecule has 0 aromatic carbocycles. The third-order valence-electron chi connectivity index (χ3n) is 3.55. The van der Waals surface area contributed by atoms with E-state index in [-0.39, 0.29) is 0 Å². The molecule has 4 heteroatoms. The summed E-state index contributed by atoms with van der Waals surface area (Å²) < 4.78 is 1.72. The molecule has 17 heavy (non-hydrogen) atoms. The van der Waals surface area contributed by atoms with Gasteiger partial charge in [-0.25, -0.2) is 9.50 Å². The Balaban J connectivity index is 1.97. The number of hydrogen-bond donors (Lipinski definition) is 0. The maximum Gasteiger partial charge on any atom is 0.170 e. The van der Waals surface area contributed by atoms with Crippen molar-refractivity contribution in [3.63, 3.8) is 0 Å². The first-order valence-corrected chi connectivity index (χ1v) is 6.17. The molecule has 0 aliphatic heterocycles. The van der Waals surface area contributed by atoms with Crippen LogP contribution in [0.4, 0.5) is 0 Å². The second-order valence-electron chi connectivity index (χ2n) is 4.71. The van der Waals surface area contributed by atoms with E-state index in [1.54, 1.807) is 10.6 Å². The van der Waals surface area contributed by atoms with Gasteiger partial charge in [0.1, 0.15) is 5.69 Å². The number of aldehydes is 1. The first-order chi connectivity index (χ1) is 8.36. The molecule has 0 radical (unpaired) electrons. The van der Waals surface area contributed by atoms with Gasteiger partial charge in [0.05, 0.1) is 0 Å². The van der Waals surface area contributed by atoms with Gasteiger partial charge >= 0.3 is 0 Å². The Labute approximate surface area is 99.7 Å². The second kappa shape index (κ2) is 4.28. The number of hydrogen-bond acceptors (Lipinski definition) is 3. The quantitative estimate of drug-likeness (QED) is 0.743. The van der Waals surface area contributed by atoms with Crippen LogP contribution in [0.25, 0.3) is 5.65 Å². The predicted molar refractivity (Wildman–Crippen MR) is 64.2 cm³/mol. The van der Waals surface area contributed by atoms with Crippen molar-refractivity contribution in [3.8, 4) is 0 Å². The monoisotopic (exact) mass is 229 g/mol. The molecule has 2 aromatic heterocycles. The number of fused-ring (bicyclic) bond motifs is 1. The normalized spacial score (nSPS) is 17.4. The molecule has 1 aliphatic rings. The average Bonchev–Trinajstić information content (AvgIpc) is 2.81. The van der Waals surface area contributed by atoms with Crippen molar-refractivity contribution < 1.29 is 4.79 Å². The van der Waals surface area contributed by atoms with Gasteiger partial charge in [0.2, 0.25) is 0 Å². The first kappa shape index (κ1) is 10.4.